The minimum Gasteiger partial charge on any atom is -0.374 e. The van der Waals surface area contributed by atoms with Gasteiger partial charge in [0.25, 0.3) is 5.56 Å². The third-order valence-corrected chi connectivity index (χ3v) is 8.28. The highest BCUT2D eigenvalue weighted by atomic mass is 16.5. The standard InChI is InChI=1S/C33H36N6O3/c1-3-8-30-28(32(41)38(33-34-21-35-39(30)33)24-12-14-25(15-13-24)42-17-4-2)19-22-11-16-26(23-9-6-5-7-10-23)27(18-22)29-20-31(40)37-36-29/h4-7,9-11,16,18,21,24-25H,2-3,8,12-15,17,19-20H2,1H3,(H,37,40). The molecule has 216 valence electrons. The number of carbonyl (C=O) groups is 1. The molecule has 4 aromatic rings. The van der Waals surface area contributed by atoms with Crippen LogP contribution in [0.25, 0.3) is 16.9 Å². The number of aryl methyl sites for hydroxylation is 1. The fourth-order valence-corrected chi connectivity index (χ4v) is 6.28. The summed E-state index contributed by atoms with van der Waals surface area (Å²) in [7, 11) is 0. The lowest BCUT2D eigenvalue weighted by Gasteiger charge is -2.30. The second kappa shape index (κ2) is 12.2. The minimum atomic E-state index is -0.121. The summed E-state index contributed by atoms with van der Waals surface area (Å²) >= 11 is 0. The fraction of sp³-hybridized carbons (Fsp3) is 0.364. The second-order valence-electron chi connectivity index (χ2n) is 11.1. The van der Waals surface area contributed by atoms with Crippen LogP contribution in [0, 0.1) is 0 Å². The molecule has 9 nitrogen and oxygen atoms in total. The number of aromatic nitrogens is 4. The quantitative estimate of drug-likeness (QED) is 0.273. The highest BCUT2D eigenvalue weighted by molar-refractivity contribution is 6.16. The molecule has 1 fully saturated rings. The van der Waals surface area contributed by atoms with Crippen molar-refractivity contribution in [2.75, 3.05) is 6.61 Å². The van der Waals surface area contributed by atoms with E-state index >= 15 is 0 Å². The Morgan fingerprint density at radius 3 is 2.60 bits per heavy atom. The lowest BCUT2D eigenvalue weighted by Crippen LogP contribution is -2.35. The summed E-state index contributed by atoms with van der Waals surface area (Å²) in [6, 6.07) is 16.3. The minimum absolute atomic E-state index is 0.00172. The second-order valence-corrected chi connectivity index (χ2v) is 11.1. The Kier molecular flexibility index (Phi) is 8.10. The van der Waals surface area contributed by atoms with E-state index in [2.05, 4.69) is 64.4 Å². The molecule has 1 amide bonds. The van der Waals surface area contributed by atoms with E-state index in [9.17, 15) is 9.59 Å². The molecule has 2 aromatic carbocycles. The molecule has 0 saturated heterocycles. The van der Waals surface area contributed by atoms with Gasteiger partial charge < -0.3 is 4.74 Å². The van der Waals surface area contributed by atoms with Crippen LogP contribution in [0.1, 0.15) is 73.9 Å². The Morgan fingerprint density at radius 2 is 1.88 bits per heavy atom. The Morgan fingerprint density at radius 1 is 1.07 bits per heavy atom. The molecule has 0 radical (unpaired) electrons. The van der Waals surface area contributed by atoms with E-state index in [4.69, 9.17) is 4.74 Å². The van der Waals surface area contributed by atoms with Crippen molar-refractivity contribution in [3.05, 3.63) is 100 Å². The van der Waals surface area contributed by atoms with Crippen molar-refractivity contribution in [1.29, 1.82) is 0 Å². The maximum atomic E-state index is 14.4. The summed E-state index contributed by atoms with van der Waals surface area (Å²) in [5.41, 5.74) is 8.86. The summed E-state index contributed by atoms with van der Waals surface area (Å²) in [5, 5.41) is 8.91. The van der Waals surface area contributed by atoms with Crippen molar-refractivity contribution in [2.24, 2.45) is 5.10 Å². The lowest BCUT2D eigenvalue weighted by molar-refractivity contribution is -0.119. The molecular weight excluding hydrogens is 528 g/mol. The molecule has 0 unspecified atom stereocenters. The number of hydrogen-bond acceptors (Lipinski definition) is 6. The van der Waals surface area contributed by atoms with E-state index in [1.165, 1.54) is 0 Å². The summed E-state index contributed by atoms with van der Waals surface area (Å²) in [4.78, 5) is 31.0. The largest absolute Gasteiger partial charge is 0.374 e. The van der Waals surface area contributed by atoms with Gasteiger partial charge in [0.05, 0.1) is 30.5 Å². The number of benzene rings is 2. The fourth-order valence-electron chi connectivity index (χ4n) is 6.28. The van der Waals surface area contributed by atoms with E-state index in [1.807, 2.05) is 27.3 Å². The van der Waals surface area contributed by atoms with Gasteiger partial charge in [-0.2, -0.15) is 15.2 Å². The van der Waals surface area contributed by atoms with Crippen molar-refractivity contribution >= 4 is 17.4 Å². The molecule has 2 aliphatic rings. The van der Waals surface area contributed by atoms with Gasteiger partial charge in [0.1, 0.15) is 6.33 Å². The van der Waals surface area contributed by atoms with Gasteiger partial charge in [0, 0.05) is 23.6 Å². The van der Waals surface area contributed by atoms with E-state index < -0.39 is 0 Å². The Hall–Kier alpha value is -4.37. The van der Waals surface area contributed by atoms with Gasteiger partial charge in [-0.05, 0) is 54.9 Å². The van der Waals surface area contributed by atoms with Crippen molar-refractivity contribution in [3.8, 4) is 11.1 Å². The van der Waals surface area contributed by atoms with Crippen molar-refractivity contribution < 1.29 is 9.53 Å². The lowest BCUT2D eigenvalue weighted by atomic mass is 9.91. The Bertz CT molecular complexity index is 1700. The highest BCUT2D eigenvalue weighted by Gasteiger charge is 2.28. The predicted molar refractivity (Wildman–Crippen MR) is 163 cm³/mol. The number of nitrogens with one attached hydrogen (secondary N) is 1. The van der Waals surface area contributed by atoms with Gasteiger partial charge in [0.15, 0.2) is 0 Å². The molecule has 2 aromatic heterocycles. The summed E-state index contributed by atoms with van der Waals surface area (Å²) in [5.74, 6) is 0.483. The van der Waals surface area contributed by atoms with Crippen molar-refractivity contribution in [3.63, 3.8) is 0 Å². The van der Waals surface area contributed by atoms with E-state index in [0.29, 0.717) is 30.9 Å². The number of fused-ring (bicyclic) bond motifs is 1. The SMILES string of the molecule is C=CCOC1CCC(n2c(=O)c(Cc3ccc(-c4ccccc4)c(C4=NNC(=O)C4)c3)c(CCC)n3ncnc23)CC1. The molecule has 1 N–H and O–H groups in total. The number of ether oxygens (including phenoxy) is 1. The number of amides is 1. The number of hydrazone groups is 1. The van der Waals surface area contributed by atoms with Crippen LogP contribution in [-0.2, 0) is 22.4 Å². The molecule has 42 heavy (non-hydrogen) atoms. The number of nitrogens with zero attached hydrogens (tertiary/aromatic N) is 5. The molecule has 0 atom stereocenters. The van der Waals surface area contributed by atoms with Crippen LogP contribution in [0.15, 0.2) is 77.4 Å². The van der Waals surface area contributed by atoms with Crippen LogP contribution in [0.3, 0.4) is 0 Å². The van der Waals surface area contributed by atoms with Crippen LogP contribution in [0.4, 0.5) is 0 Å². The molecule has 1 saturated carbocycles. The zero-order chi connectivity index (χ0) is 29.1. The summed E-state index contributed by atoms with van der Waals surface area (Å²) in [6.45, 7) is 6.40. The first-order chi connectivity index (χ1) is 20.6. The van der Waals surface area contributed by atoms with Gasteiger partial charge in [-0.3, -0.25) is 14.2 Å². The zero-order valence-corrected chi connectivity index (χ0v) is 24.0. The summed E-state index contributed by atoms with van der Waals surface area (Å²) < 4.78 is 9.63. The van der Waals surface area contributed by atoms with Gasteiger partial charge in [-0.15, -0.1) is 6.58 Å². The Balaban J connectivity index is 1.41. The average Bonchev–Trinajstić information content (AvgIpc) is 3.68. The van der Waals surface area contributed by atoms with Crippen LogP contribution in [-0.4, -0.2) is 43.5 Å². The maximum Gasteiger partial charge on any atom is 0.259 e. The number of hydrogen-bond donors (Lipinski definition) is 1. The molecule has 1 aliphatic carbocycles. The normalized spacial score (nSPS) is 18.7. The van der Waals surface area contributed by atoms with Gasteiger partial charge >= 0.3 is 0 Å². The molecule has 3 heterocycles. The predicted octanol–water partition coefficient (Wildman–Crippen LogP) is 5.01. The van der Waals surface area contributed by atoms with Gasteiger partial charge in [-0.1, -0.05) is 61.9 Å². The molecule has 0 bridgehead atoms. The molecular formula is C33H36N6O3. The topological polar surface area (TPSA) is 103 Å². The molecule has 6 rings (SSSR count). The van der Waals surface area contributed by atoms with Crippen LogP contribution >= 0.6 is 0 Å². The number of carbonyl (C=O) groups excluding carboxylic acids is 1. The Labute approximate surface area is 244 Å². The first-order valence-electron chi connectivity index (χ1n) is 14.8. The van der Waals surface area contributed by atoms with E-state index in [1.54, 1.807) is 12.4 Å². The summed E-state index contributed by atoms with van der Waals surface area (Å²) in [6.07, 6.45) is 9.22. The van der Waals surface area contributed by atoms with E-state index in [-0.39, 0.29) is 30.0 Å². The van der Waals surface area contributed by atoms with Gasteiger partial charge in [-0.25, -0.2) is 9.94 Å². The van der Waals surface area contributed by atoms with E-state index in [0.717, 1.165) is 65.6 Å². The first-order valence-corrected chi connectivity index (χ1v) is 14.8. The van der Waals surface area contributed by atoms with Crippen molar-refractivity contribution in [2.45, 2.75) is 70.4 Å². The first kappa shape index (κ1) is 27.8. The zero-order valence-electron chi connectivity index (χ0n) is 24.0. The van der Waals surface area contributed by atoms with Crippen LogP contribution < -0.4 is 11.0 Å². The molecule has 9 heteroatoms. The molecule has 1 aliphatic heterocycles. The molecule has 0 spiro atoms. The van der Waals surface area contributed by atoms with Gasteiger partial charge in [0.2, 0.25) is 11.7 Å². The maximum absolute atomic E-state index is 14.4. The third-order valence-electron chi connectivity index (χ3n) is 8.28. The van der Waals surface area contributed by atoms with Crippen LogP contribution in [0.2, 0.25) is 0 Å². The third kappa shape index (κ3) is 5.44. The van der Waals surface area contributed by atoms with Crippen molar-refractivity contribution in [1.82, 2.24) is 24.6 Å². The average molecular weight is 565 g/mol. The monoisotopic (exact) mass is 564 g/mol. The smallest absolute Gasteiger partial charge is 0.259 e. The highest BCUT2D eigenvalue weighted by Crippen LogP contribution is 2.32. The van der Waals surface area contributed by atoms with Crippen LogP contribution in [0.5, 0.6) is 0 Å². The number of rotatable bonds is 10.